The first-order valence-electron chi connectivity index (χ1n) is 6.74. The molecule has 1 amide bonds. The van der Waals surface area contributed by atoms with Crippen LogP contribution in [0.4, 0.5) is 0 Å². The quantitative estimate of drug-likeness (QED) is 0.746. The standard InChI is InChI=1S/C13H24N2O3/c1-3-15-6-4-5-11(9-15)14-12(16)7-10(2)8-13(17)18/h10-11H,3-9H2,1-2H3,(H,14,16)(H,17,18). The number of aliphatic carboxylic acids is 1. The summed E-state index contributed by atoms with van der Waals surface area (Å²) < 4.78 is 0. The van der Waals surface area contributed by atoms with Gasteiger partial charge in [-0.25, -0.2) is 0 Å². The number of carbonyl (C=O) groups is 2. The fraction of sp³-hybridized carbons (Fsp3) is 0.846. The highest BCUT2D eigenvalue weighted by Gasteiger charge is 2.21. The number of likely N-dealkylation sites (tertiary alicyclic amines) is 1. The Morgan fingerprint density at radius 3 is 2.78 bits per heavy atom. The van der Waals surface area contributed by atoms with E-state index >= 15 is 0 Å². The molecule has 1 heterocycles. The molecule has 1 rings (SSSR count). The molecule has 5 heteroatoms. The highest BCUT2D eigenvalue weighted by molar-refractivity contribution is 5.77. The molecule has 0 aromatic rings. The van der Waals surface area contributed by atoms with Crippen molar-refractivity contribution in [1.29, 1.82) is 0 Å². The summed E-state index contributed by atoms with van der Waals surface area (Å²) in [5, 5.41) is 11.7. The number of nitrogens with one attached hydrogen (secondary N) is 1. The topological polar surface area (TPSA) is 69.6 Å². The minimum atomic E-state index is -0.842. The van der Waals surface area contributed by atoms with Gasteiger partial charge in [-0.1, -0.05) is 13.8 Å². The summed E-state index contributed by atoms with van der Waals surface area (Å²) >= 11 is 0. The first kappa shape index (κ1) is 15.0. The Morgan fingerprint density at radius 1 is 1.44 bits per heavy atom. The first-order valence-corrected chi connectivity index (χ1v) is 6.74. The molecule has 0 aromatic heterocycles. The molecular formula is C13H24N2O3. The lowest BCUT2D eigenvalue weighted by atomic mass is 10.0. The second-order valence-electron chi connectivity index (χ2n) is 5.21. The molecule has 0 spiro atoms. The summed E-state index contributed by atoms with van der Waals surface area (Å²) in [6.07, 6.45) is 2.49. The monoisotopic (exact) mass is 256 g/mol. The Morgan fingerprint density at radius 2 is 2.17 bits per heavy atom. The fourth-order valence-electron chi connectivity index (χ4n) is 2.43. The Labute approximate surface area is 109 Å². The molecule has 5 nitrogen and oxygen atoms in total. The van der Waals surface area contributed by atoms with E-state index in [2.05, 4.69) is 17.1 Å². The van der Waals surface area contributed by atoms with Crippen LogP contribution in [0.1, 0.15) is 39.5 Å². The molecule has 2 N–H and O–H groups in total. The molecule has 18 heavy (non-hydrogen) atoms. The lowest BCUT2D eigenvalue weighted by Crippen LogP contribution is -2.47. The van der Waals surface area contributed by atoms with Crippen molar-refractivity contribution >= 4 is 11.9 Å². The maximum absolute atomic E-state index is 11.8. The maximum atomic E-state index is 11.8. The smallest absolute Gasteiger partial charge is 0.303 e. The molecule has 104 valence electrons. The number of likely N-dealkylation sites (N-methyl/N-ethyl adjacent to an activating group) is 1. The van der Waals surface area contributed by atoms with Crippen molar-refractivity contribution in [3.8, 4) is 0 Å². The largest absolute Gasteiger partial charge is 0.481 e. The zero-order chi connectivity index (χ0) is 13.5. The van der Waals surface area contributed by atoms with Crippen LogP contribution in [0.2, 0.25) is 0 Å². The molecule has 0 bridgehead atoms. The van der Waals surface area contributed by atoms with E-state index in [-0.39, 0.29) is 24.3 Å². The van der Waals surface area contributed by atoms with Crippen molar-refractivity contribution in [1.82, 2.24) is 10.2 Å². The van der Waals surface area contributed by atoms with E-state index in [0.29, 0.717) is 6.42 Å². The van der Waals surface area contributed by atoms with E-state index in [1.807, 2.05) is 0 Å². The number of nitrogens with zero attached hydrogens (tertiary/aromatic N) is 1. The minimum Gasteiger partial charge on any atom is -0.481 e. The summed E-state index contributed by atoms with van der Waals surface area (Å²) in [4.78, 5) is 24.6. The van der Waals surface area contributed by atoms with Crippen LogP contribution in [0, 0.1) is 5.92 Å². The van der Waals surface area contributed by atoms with Crippen LogP contribution in [-0.4, -0.2) is 47.6 Å². The average molecular weight is 256 g/mol. The van der Waals surface area contributed by atoms with Gasteiger partial charge >= 0.3 is 5.97 Å². The third-order valence-electron chi connectivity index (χ3n) is 3.37. The molecule has 0 aliphatic carbocycles. The summed E-state index contributed by atoms with van der Waals surface area (Å²) in [6.45, 7) is 6.96. The van der Waals surface area contributed by atoms with Gasteiger partial charge in [-0.3, -0.25) is 9.59 Å². The number of amides is 1. The van der Waals surface area contributed by atoms with Crippen LogP contribution in [0.15, 0.2) is 0 Å². The SMILES string of the molecule is CCN1CCCC(NC(=O)CC(C)CC(=O)O)C1. The predicted molar refractivity (Wildman–Crippen MR) is 69.3 cm³/mol. The predicted octanol–water partition coefficient (Wildman–Crippen LogP) is 1.09. The van der Waals surface area contributed by atoms with Crippen molar-refractivity contribution in [2.75, 3.05) is 19.6 Å². The first-order chi connectivity index (χ1) is 8.51. The van der Waals surface area contributed by atoms with Crippen LogP contribution in [0.5, 0.6) is 0 Å². The van der Waals surface area contributed by atoms with Gasteiger partial charge < -0.3 is 15.3 Å². The zero-order valence-electron chi connectivity index (χ0n) is 11.3. The second kappa shape index (κ2) is 7.36. The summed E-state index contributed by atoms with van der Waals surface area (Å²) in [5.74, 6) is -0.967. The van der Waals surface area contributed by atoms with Crippen LogP contribution in [0.3, 0.4) is 0 Å². The molecule has 1 aliphatic heterocycles. The van der Waals surface area contributed by atoms with Crippen molar-refractivity contribution in [3.05, 3.63) is 0 Å². The minimum absolute atomic E-state index is 0.0216. The molecule has 2 atom stereocenters. The van der Waals surface area contributed by atoms with Gasteiger partial charge in [0.05, 0.1) is 0 Å². The lowest BCUT2D eigenvalue weighted by molar-refractivity contribution is -0.138. The number of rotatable bonds is 6. The van der Waals surface area contributed by atoms with E-state index in [4.69, 9.17) is 5.11 Å². The third kappa shape index (κ3) is 5.49. The van der Waals surface area contributed by atoms with Crippen molar-refractivity contribution in [2.45, 2.75) is 45.6 Å². The highest BCUT2D eigenvalue weighted by Crippen LogP contribution is 2.11. The molecule has 0 saturated carbocycles. The van der Waals surface area contributed by atoms with E-state index in [9.17, 15) is 9.59 Å². The van der Waals surface area contributed by atoms with Gasteiger partial charge in [-0.2, -0.15) is 0 Å². The highest BCUT2D eigenvalue weighted by atomic mass is 16.4. The summed E-state index contributed by atoms with van der Waals surface area (Å²) in [6, 6.07) is 0.225. The van der Waals surface area contributed by atoms with Gasteiger partial charge in [0, 0.05) is 25.4 Å². The molecular weight excluding hydrogens is 232 g/mol. The number of carbonyl (C=O) groups excluding carboxylic acids is 1. The van der Waals surface area contributed by atoms with Crippen LogP contribution < -0.4 is 5.32 Å². The molecule has 1 saturated heterocycles. The molecule has 0 radical (unpaired) electrons. The number of hydrogen-bond donors (Lipinski definition) is 2. The maximum Gasteiger partial charge on any atom is 0.303 e. The van der Waals surface area contributed by atoms with Crippen molar-refractivity contribution in [2.24, 2.45) is 5.92 Å². The third-order valence-corrected chi connectivity index (χ3v) is 3.37. The zero-order valence-corrected chi connectivity index (χ0v) is 11.3. The van der Waals surface area contributed by atoms with Gasteiger partial charge in [0.2, 0.25) is 5.91 Å². The van der Waals surface area contributed by atoms with E-state index in [0.717, 1.165) is 32.5 Å². The number of hydrogen-bond acceptors (Lipinski definition) is 3. The van der Waals surface area contributed by atoms with Gasteiger partial charge in [0.15, 0.2) is 0 Å². The van der Waals surface area contributed by atoms with Crippen molar-refractivity contribution < 1.29 is 14.7 Å². The Hall–Kier alpha value is -1.10. The van der Waals surface area contributed by atoms with Crippen LogP contribution in [0.25, 0.3) is 0 Å². The van der Waals surface area contributed by atoms with Gasteiger partial charge in [0.25, 0.3) is 0 Å². The second-order valence-corrected chi connectivity index (χ2v) is 5.21. The molecule has 2 unspecified atom stereocenters. The Kier molecular flexibility index (Phi) is 6.12. The Bertz CT molecular complexity index is 294. The number of carboxylic acid groups (broad SMARTS) is 1. The van der Waals surface area contributed by atoms with Gasteiger partial charge in [0.1, 0.15) is 0 Å². The number of piperidine rings is 1. The van der Waals surface area contributed by atoms with Crippen molar-refractivity contribution in [3.63, 3.8) is 0 Å². The van der Waals surface area contributed by atoms with Crippen LogP contribution >= 0.6 is 0 Å². The fourth-order valence-corrected chi connectivity index (χ4v) is 2.43. The van der Waals surface area contributed by atoms with Gasteiger partial charge in [-0.15, -0.1) is 0 Å². The Balaban J connectivity index is 2.28. The number of carboxylic acids is 1. The summed E-state index contributed by atoms with van der Waals surface area (Å²) in [7, 11) is 0. The normalized spacial score (nSPS) is 22.4. The lowest BCUT2D eigenvalue weighted by Gasteiger charge is -2.32. The van der Waals surface area contributed by atoms with E-state index in [1.165, 1.54) is 0 Å². The molecule has 0 aromatic carbocycles. The average Bonchev–Trinajstić information content (AvgIpc) is 2.27. The molecule has 1 fully saturated rings. The summed E-state index contributed by atoms with van der Waals surface area (Å²) in [5.41, 5.74) is 0. The van der Waals surface area contributed by atoms with E-state index in [1.54, 1.807) is 6.92 Å². The van der Waals surface area contributed by atoms with Crippen LogP contribution in [-0.2, 0) is 9.59 Å². The van der Waals surface area contributed by atoms with Gasteiger partial charge in [-0.05, 0) is 31.8 Å². The van der Waals surface area contributed by atoms with E-state index < -0.39 is 5.97 Å². The molecule has 1 aliphatic rings.